The number of hydrogen-bond donors (Lipinski definition) is 1. The fraction of sp³-hybridized carbons (Fsp3) is 0.435. The predicted octanol–water partition coefficient (Wildman–Crippen LogP) is 3.78. The summed E-state index contributed by atoms with van der Waals surface area (Å²) in [6, 6.07) is 6.07. The maximum Gasteiger partial charge on any atom is 0.267 e. The third-order valence-electron chi connectivity index (χ3n) is 6.13. The minimum absolute atomic E-state index is 0.184. The molecule has 1 saturated carbocycles. The Morgan fingerprint density at radius 2 is 1.67 bits per heavy atom. The largest absolute Gasteiger partial charge is 0.369 e. The van der Waals surface area contributed by atoms with Gasteiger partial charge in [0, 0.05) is 43.4 Å². The Morgan fingerprint density at radius 1 is 1.06 bits per heavy atom. The van der Waals surface area contributed by atoms with E-state index in [2.05, 4.69) is 9.80 Å². The number of hydrogen-bond acceptors (Lipinski definition) is 5. The zero-order valence-electron chi connectivity index (χ0n) is 18.5. The molecule has 0 spiro atoms. The van der Waals surface area contributed by atoms with Gasteiger partial charge in [-0.2, -0.15) is 0 Å². The molecule has 4 rings (SSSR count). The van der Waals surface area contributed by atoms with Crippen molar-refractivity contribution >= 4 is 33.2 Å². The number of rotatable bonds is 6. The number of aryl methyl sites for hydroxylation is 2. The van der Waals surface area contributed by atoms with Crippen LogP contribution in [0.3, 0.4) is 0 Å². The molecule has 10 heteroatoms. The van der Waals surface area contributed by atoms with E-state index < -0.39 is 27.0 Å². The topological polar surface area (TPSA) is 69.7 Å². The summed E-state index contributed by atoms with van der Waals surface area (Å²) in [6.45, 7) is 6.76. The molecule has 1 N–H and O–H groups in total. The molecule has 0 aromatic heterocycles. The highest BCUT2D eigenvalue weighted by atomic mass is 35.5. The van der Waals surface area contributed by atoms with Gasteiger partial charge in [-0.25, -0.2) is 21.9 Å². The van der Waals surface area contributed by atoms with Gasteiger partial charge in [-0.05, 0) is 67.6 Å². The second kappa shape index (κ2) is 9.19. The Morgan fingerprint density at radius 3 is 2.24 bits per heavy atom. The van der Waals surface area contributed by atoms with Crippen LogP contribution in [-0.4, -0.2) is 50.7 Å². The van der Waals surface area contributed by atoms with Crippen LogP contribution in [0.15, 0.2) is 24.3 Å². The molecule has 2 aromatic carbocycles. The van der Waals surface area contributed by atoms with E-state index in [0.29, 0.717) is 49.2 Å². The zero-order valence-corrected chi connectivity index (χ0v) is 20.1. The lowest BCUT2D eigenvalue weighted by molar-refractivity contribution is 0.0977. The number of nitrogens with zero attached hydrogens (tertiary/aromatic N) is 2. The molecule has 0 radical (unpaired) electrons. The third kappa shape index (κ3) is 5.31. The summed E-state index contributed by atoms with van der Waals surface area (Å²) >= 11 is 6.32. The van der Waals surface area contributed by atoms with Gasteiger partial charge in [0.05, 0.1) is 10.8 Å². The molecular formula is C23H26ClF2N3O3S. The highest BCUT2D eigenvalue weighted by molar-refractivity contribution is 7.91. The minimum Gasteiger partial charge on any atom is -0.369 e. The highest BCUT2D eigenvalue weighted by Crippen LogP contribution is 2.29. The summed E-state index contributed by atoms with van der Waals surface area (Å²) < 4.78 is 54.4. The molecule has 6 nitrogen and oxygen atoms in total. The van der Waals surface area contributed by atoms with E-state index in [1.165, 1.54) is 12.1 Å². The number of nitrogens with one attached hydrogen (secondary N) is 1. The fourth-order valence-corrected chi connectivity index (χ4v) is 5.55. The van der Waals surface area contributed by atoms with Crippen molar-refractivity contribution in [1.82, 2.24) is 9.62 Å². The molecule has 1 amide bonds. The summed E-state index contributed by atoms with van der Waals surface area (Å²) in [5.74, 6) is -2.00. The van der Waals surface area contributed by atoms with Crippen LogP contribution in [0.5, 0.6) is 0 Å². The summed E-state index contributed by atoms with van der Waals surface area (Å²) in [4.78, 5) is 16.6. The molecule has 1 aliphatic carbocycles. The smallest absolute Gasteiger partial charge is 0.267 e. The lowest BCUT2D eigenvalue weighted by Gasteiger charge is -2.36. The zero-order chi connectivity index (χ0) is 23.9. The normalized spacial score (nSPS) is 17.3. The Balaban J connectivity index is 1.40. The van der Waals surface area contributed by atoms with Crippen molar-refractivity contribution in [3.63, 3.8) is 0 Å². The van der Waals surface area contributed by atoms with Crippen molar-refractivity contribution in [2.45, 2.75) is 38.5 Å². The molecular weight excluding hydrogens is 472 g/mol. The Kier molecular flexibility index (Phi) is 6.66. The molecule has 0 unspecified atom stereocenters. The highest BCUT2D eigenvalue weighted by Gasteiger charge is 2.37. The Labute approximate surface area is 197 Å². The van der Waals surface area contributed by atoms with Gasteiger partial charge in [-0.15, -0.1) is 0 Å². The maximum absolute atomic E-state index is 14.6. The summed E-state index contributed by atoms with van der Waals surface area (Å²) in [5.41, 5.74) is 2.34. The maximum atomic E-state index is 14.6. The van der Waals surface area contributed by atoms with Crippen LogP contribution in [0.4, 0.5) is 14.5 Å². The first-order chi connectivity index (χ1) is 15.5. The number of anilines is 1. The van der Waals surface area contributed by atoms with Crippen molar-refractivity contribution in [3.8, 4) is 0 Å². The average Bonchev–Trinajstić information content (AvgIpc) is 3.60. The van der Waals surface area contributed by atoms with Gasteiger partial charge < -0.3 is 4.90 Å². The minimum atomic E-state index is -3.78. The van der Waals surface area contributed by atoms with Gasteiger partial charge in [0.2, 0.25) is 10.0 Å². The SMILES string of the molecule is Cc1cc(N2CCN(Cc3cc(F)c(C(=O)NS(=O)(=O)C4CC4)cc3Cl)CC2)cc(C)c1F. The van der Waals surface area contributed by atoms with Gasteiger partial charge in [0.25, 0.3) is 5.91 Å². The van der Waals surface area contributed by atoms with Crippen molar-refractivity contribution in [2.24, 2.45) is 0 Å². The van der Waals surface area contributed by atoms with E-state index in [-0.39, 0.29) is 16.4 Å². The van der Waals surface area contributed by atoms with Crippen molar-refractivity contribution < 1.29 is 22.0 Å². The molecule has 2 fully saturated rings. The van der Waals surface area contributed by atoms with Crippen LogP contribution >= 0.6 is 11.6 Å². The second-order valence-electron chi connectivity index (χ2n) is 8.76. The molecule has 33 heavy (non-hydrogen) atoms. The van der Waals surface area contributed by atoms with Crippen LogP contribution in [0.2, 0.25) is 5.02 Å². The van der Waals surface area contributed by atoms with E-state index in [9.17, 15) is 22.0 Å². The van der Waals surface area contributed by atoms with Gasteiger partial charge >= 0.3 is 0 Å². The van der Waals surface area contributed by atoms with Crippen molar-refractivity contribution in [2.75, 3.05) is 31.1 Å². The quantitative estimate of drug-likeness (QED) is 0.657. The number of benzene rings is 2. The number of carbonyl (C=O) groups is 1. The fourth-order valence-electron chi connectivity index (χ4n) is 4.04. The predicted molar refractivity (Wildman–Crippen MR) is 124 cm³/mol. The average molecular weight is 498 g/mol. The molecule has 1 heterocycles. The molecule has 2 aliphatic rings. The molecule has 1 aliphatic heterocycles. The van der Waals surface area contributed by atoms with E-state index >= 15 is 0 Å². The number of sulfonamides is 1. The first-order valence-corrected chi connectivity index (χ1v) is 12.8. The number of carbonyl (C=O) groups excluding carboxylic acids is 1. The lowest BCUT2D eigenvalue weighted by Crippen LogP contribution is -2.46. The lowest BCUT2D eigenvalue weighted by atomic mass is 10.1. The number of halogens is 3. The van der Waals surface area contributed by atoms with Crippen LogP contribution in [0, 0.1) is 25.5 Å². The van der Waals surface area contributed by atoms with Gasteiger partial charge in [-0.1, -0.05) is 11.6 Å². The van der Waals surface area contributed by atoms with Gasteiger partial charge in [0.15, 0.2) is 0 Å². The second-order valence-corrected chi connectivity index (χ2v) is 11.1. The number of amides is 1. The molecule has 2 aromatic rings. The standard InChI is InChI=1S/C23H26ClF2N3O3S/c1-14-9-17(10-15(2)22(14)26)29-7-5-28(6-8-29)13-16-11-21(25)19(12-20(16)24)23(30)27-33(31,32)18-3-4-18/h9-12,18H,3-8,13H2,1-2H3,(H,27,30). The van der Waals surface area contributed by atoms with E-state index in [1.807, 2.05) is 16.9 Å². The molecule has 0 atom stereocenters. The van der Waals surface area contributed by atoms with Crippen LogP contribution in [0.1, 0.15) is 39.9 Å². The Bertz CT molecular complexity index is 1170. The first kappa shape index (κ1) is 23.9. The van der Waals surface area contributed by atoms with Crippen LogP contribution in [-0.2, 0) is 16.6 Å². The van der Waals surface area contributed by atoms with Crippen LogP contribution in [0.25, 0.3) is 0 Å². The van der Waals surface area contributed by atoms with E-state index in [4.69, 9.17) is 11.6 Å². The van der Waals surface area contributed by atoms with Crippen molar-refractivity contribution in [1.29, 1.82) is 0 Å². The third-order valence-corrected chi connectivity index (χ3v) is 8.30. The van der Waals surface area contributed by atoms with E-state index in [0.717, 1.165) is 18.8 Å². The van der Waals surface area contributed by atoms with Crippen molar-refractivity contribution in [3.05, 3.63) is 63.2 Å². The summed E-state index contributed by atoms with van der Waals surface area (Å²) in [7, 11) is -3.78. The molecule has 1 saturated heterocycles. The molecule has 0 bridgehead atoms. The molecule has 178 valence electrons. The monoisotopic (exact) mass is 497 g/mol. The van der Waals surface area contributed by atoms with Gasteiger partial charge in [0.1, 0.15) is 11.6 Å². The summed E-state index contributed by atoms with van der Waals surface area (Å²) in [5, 5.41) is -0.377. The Hall–Kier alpha value is -2.23. The van der Waals surface area contributed by atoms with Crippen LogP contribution < -0.4 is 9.62 Å². The van der Waals surface area contributed by atoms with Gasteiger partial charge in [-0.3, -0.25) is 9.69 Å². The van der Waals surface area contributed by atoms with E-state index in [1.54, 1.807) is 13.8 Å². The summed E-state index contributed by atoms with van der Waals surface area (Å²) in [6.07, 6.45) is 0.997. The number of piperazine rings is 1. The first-order valence-electron chi connectivity index (χ1n) is 10.8.